The number of anilines is 2. The molecule has 0 aliphatic rings. The zero-order valence-electron chi connectivity index (χ0n) is 14.4. The van der Waals surface area contributed by atoms with Gasteiger partial charge in [0, 0.05) is 20.2 Å². The maximum absolute atomic E-state index is 12.2. The van der Waals surface area contributed by atoms with Crippen molar-refractivity contribution >= 4 is 33.4 Å². The van der Waals surface area contributed by atoms with Gasteiger partial charge in [0.25, 0.3) is 0 Å². The first kappa shape index (κ1) is 18.7. The number of nitrogens with two attached hydrogens (primary N) is 1. The number of hydrogen-bond donors (Lipinski definition) is 2. The van der Waals surface area contributed by atoms with E-state index in [2.05, 4.69) is 5.32 Å². The quantitative estimate of drug-likeness (QED) is 0.802. The third kappa shape index (κ3) is 4.91. The average Bonchev–Trinajstić information content (AvgIpc) is 2.53. The van der Waals surface area contributed by atoms with Crippen LogP contribution in [-0.2, 0) is 14.8 Å². The Morgan fingerprint density at radius 3 is 2.44 bits per heavy atom. The number of hydrogen-bond acceptors (Lipinski definition) is 4. The molecule has 0 radical (unpaired) electrons. The number of aryl methyl sites for hydroxylation is 1. The highest BCUT2D eigenvalue weighted by molar-refractivity contribution is 7.89. The van der Waals surface area contributed by atoms with E-state index in [1.807, 2.05) is 31.2 Å². The highest BCUT2D eigenvalue weighted by Gasteiger charge is 2.13. The van der Waals surface area contributed by atoms with Crippen molar-refractivity contribution in [3.05, 3.63) is 59.7 Å². The standard InChI is InChI=1S/C18H21N3O3S/c1-13-6-4-5-7-14(13)8-11-18(22)20-16-12-15(25(19,23)24)9-10-17(16)21(2)3/h4-12H,1-3H3,(H,20,22)(H2,19,23,24)/b11-8+. The molecule has 0 saturated carbocycles. The van der Waals surface area contributed by atoms with Crippen LogP contribution in [0.3, 0.4) is 0 Å². The van der Waals surface area contributed by atoms with Gasteiger partial charge in [0.2, 0.25) is 15.9 Å². The van der Waals surface area contributed by atoms with Gasteiger partial charge in [-0.15, -0.1) is 0 Å². The molecule has 3 N–H and O–H groups in total. The summed E-state index contributed by atoms with van der Waals surface area (Å²) in [5.41, 5.74) is 3.03. The topological polar surface area (TPSA) is 92.5 Å². The number of benzene rings is 2. The number of nitrogens with zero attached hydrogens (tertiary/aromatic N) is 1. The molecule has 2 rings (SSSR count). The number of sulfonamides is 1. The molecule has 0 atom stereocenters. The summed E-state index contributed by atoms with van der Waals surface area (Å²) in [6.45, 7) is 1.96. The molecule has 0 heterocycles. The molecule has 1 amide bonds. The summed E-state index contributed by atoms with van der Waals surface area (Å²) in [6.07, 6.45) is 3.12. The second-order valence-electron chi connectivity index (χ2n) is 5.80. The Balaban J connectivity index is 2.29. The molecule has 0 bridgehead atoms. The number of carbonyl (C=O) groups excluding carboxylic acids is 1. The van der Waals surface area contributed by atoms with E-state index >= 15 is 0 Å². The molecule has 2 aromatic rings. The maximum Gasteiger partial charge on any atom is 0.248 e. The van der Waals surface area contributed by atoms with Crippen molar-refractivity contribution in [2.75, 3.05) is 24.3 Å². The summed E-state index contributed by atoms with van der Waals surface area (Å²) < 4.78 is 23.1. The molecule has 2 aromatic carbocycles. The largest absolute Gasteiger partial charge is 0.376 e. The third-order valence-corrected chi connectivity index (χ3v) is 4.55. The van der Waals surface area contributed by atoms with Gasteiger partial charge in [-0.1, -0.05) is 24.3 Å². The van der Waals surface area contributed by atoms with Gasteiger partial charge in [-0.05, 0) is 42.3 Å². The Morgan fingerprint density at radius 2 is 1.84 bits per heavy atom. The second kappa shape index (κ2) is 7.50. The molecular weight excluding hydrogens is 338 g/mol. The number of amides is 1. The zero-order chi connectivity index (χ0) is 18.6. The van der Waals surface area contributed by atoms with Gasteiger partial charge in [0.05, 0.1) is 16.3 Å². The molecule has 0 aliphatic heterocycles. The van der Waals surface area contributed by atoms with Crippen LogP contribution < -0.4 is 15.4 Å². The van der Waals surface area contributed by atoms with Gasteiger partial charge < -0.3 is 10.2 Å². The molecule has 25 heavy (non-hydrogen) atoms. The molecular formula is C18H21N3O3S. The van der Waals surface area contributed by atoms with Gasteiger partial charge >= 0.3 is 0 Å². The van der Waals surface area contributed by atoms with Crippen molar-refractivity contribution in [2.24, 2.45) is 5.14 Å². The fourth-order valence-corrected chi connectivity index (χ4v) is 2.84. The molecule has 7 heteroatoms. The summed E-state index contributed by atoms with van der Waals surface area (Å²) in [7, 11) is -0.259. The lowest BCUT2D eigenvalue weighted by atomic mass is 10.1. The summed E-state index contributed by atoms with van der Waals surface area (Å²) in [6, 6.07) is 12.0. The van der Waals surface area contributed by atoms with Gasteiger partial charge in [0.15, 0.2) is 0 Å². The van der Waals surface area contributed by atoms with Crippen molar-refractivity contribution in [1.82, 2.24) is 0 Å². The van der Waals surface area contributed by atoms with Gasteiger partial charge in [-0.25, -0.2) is 13.6 Å². The van der Waals surface area contributed by atoms with Crippen molar-refractivity contribution in [3.8, 4) is 0 Å². The van der Waals surface area contributed by atoms with Gasteiger partial charge in [0.1, 0.15) is 0 Å². The second-order valence-corrected chi connectivity index (χ2v) is 7.36. The zero-order valence-corrected chi connectivity index (χ0v) is 15.2. The van der Waals surface area contributed by atoms with Crippen LogP contribution in [-0.4, -0.2) is 28.4 Å². The monoisotopic (exact) mass is 359 g/mol. The minimum absolute atomic E-state index is 0.0590. The van der Waals surface area contributed by atoms with E-state index in [0.29, 0.717) is 11.4 Å². The smallest absolute Gasteiger partial charge is 0.248 e. The summed E-state index contributed by atoms with van der Waals surface area (Å²) in [4.78, 5) is 13.9. The number of carbonyl (C=O) groups is 1. The van der Waals surface area contributed by atoms with Crippen LogP contribution in [0.25, 0.3) is 6.08 Å². The lowest BCUT2D eigenvalue weighted by Crippen LogP contribution is -2.17. The highest BCUT2D eigenvalue weighted by atomic mass is 32.2. The Bertz CT molecular complexity index is 919. The maximum atomic E-state index is 12.2. The number of rotatable bonds is 5. The molecule has 0 aromatic heterocycles. The van der Waals surface area contributed by atoms with Crippen molar-refractivity contribution in [3.63, 3.8) is 0 Å². The average molecular weight is 359 g/mol. The molecule has 132 valence electrons. The van der Waals surface area contributed by atoms with E-state index in [1.54, 1.807) is 31.1 Å². The van der Waals surface area contributed by atoms with E-state index in [-0.39, 0.29) is 10.8 Å². The predicted molar refractivity (Wildman–Crippen MR) is 101 cm³/mol. The first-order valence-electron chi connectivity index (χ1n) is 7.57. The van der Waals surface area contributed by atoms with E-state index < -0.39 is 10.0 Å². The number of primary sulfonamides is 1. The van der Waals surface area contributed by atoms with E-state index in [4.69, 9.17) is 5.14 Å². The van der Waals surface area contributed by atoms with Crippen LogP contribution in [0.1, 0.15) is 11.1 Å². The first-order chi connectivity index (χ1) is 11.7. The predicted octanol–water partition coefficient (Wildman–Crippen LogP) is 2.36. The highest BCUT2D eigenvalue weighted by Crippen LogP contribution is 2.27. The van der Waals surface area contributed by atoms with Crippen molar-refractivity contribution < 1.29 is 13.2 Å². The summed E-state index contributed by atoms with van der Waals surface area (Å²) in [5.74, 6) is -0.363. The Kier molecular flexibility index (Phi) is 5.61. The molecule has 0 aliphatic carbocycles. The van der Waals surface area contributed by atoms with E-state index in [1.165, 1.54) is 18.2 Å². The molecule has 0 saturated heterocycles. The first-order valence-corrected chi connectivity index (χ1v) is 9.12. The fraction of sp³-hybridized carbons (Fsp3) is 0.167. The normalized spacial score (nSPS) is 11.5. The van der Waals surface area contributed by atoms with Gasteiger partial charge in [-0.2, -0.15) is 0 Å². The van der Waals surface area contributed by atoms with Gasteiger partial charge in [-0.3, -0.25) is 4.79 Å². The van der Waals surface area contributed by atoms with Crippen LogP contribution in [0.4, 0.5) is 11.4 Å². The Labute approximate surface area is 148 Å². The summed E-state index contributed by atoms with van der Waals surface area (Å²) >= 11 is 0. The summed E-state index contributed by atoms with van der Waals surface area (Å²) in [5, 5.41) is 7.87. The molecule has 6 nitrogen and oxygen atoms in total. The molecule has 0 spiro atoms. The molecule has 0 fully saturated rings. The fourth-order valence-electron chi connectivity index (χ4n) is 2.30. The Morgan fingerprint density at radius 1 is 1.16 bits per heavy atom. The van der Waals surface area contributed by atoms with E-state index in [9.17, 15) is 13.2 Å². The number of nitrogens with one attached hydrogen (secondary N) is 1. The van der Waals surface area contributed by atoms with Crippen LogP contribution in [0.5, 0.6) is 0 Å². The Hall–Kier alpha value is -2.64. The SMILES string of the molecule is Cc1ccccc1/C=C/C(=O)Nc1cc(S(N)(=O)=O)ccc1N(C)C. The lowest BCUT2D eigenvalue weighted by Gasteiger charge is -2.18. The third-order valence-electron chi connectivity index (χ3n) is 3.64. The van der Waals surface area contributed by atoms with Crippen LogP contribution >= 0.6 is 0 Å². The lowest BCUT2D eigenvalue weighted by molar-refractivity contribution is -0.111. The van der Waals surface area contributed by atoms with Crippen LogP contribution in [0.2, 0.25) is 0 Å². The van der Waals surface area contributed by atoms with Crippen LogP contribution in [0, 0.1) is 6.92 Å². The van der Waals surface area contributed by atoms with Crippen molar-refractivity contribution in [2.45, 2.75) is 11.8 Å². The molecule has 0 unspecified atom stereocenters. The van der Waals surface area contributed by atoms with Crippen LogP contribution in [0.15, 0.2) is 53.4 Å². The van der Waals surface area contributed by atoms with E-state index in [0.717, 1.165) is 11.1 Å². The minimum atomic E-state index is -3.85. The minimum Gasteiger partial charge on any atom is -0.376 e. The van der Waals surface area contributed by atoms with Crippen molar-refractivity contribution in [1.29, 1.82) is 0 Å².